The van der Waals surface area contributed by atoms with Crippen molar-refractivity contribution in [1.82, 2.24) is 15.1 Å². The Bertz CT molecular complexity index is 922. The summed E-state index contributed by atoms with van der Waals surface area (Å²) in [6.45, 7) is 4.67. The van der Waals surface area contributed by atoms with Gasteiger partial charge in [0.1, 0.15) is 5.00 Å². The Morgan fingerprint density at radius 1 is 1.36 bits per heavy atom. The van der Waals surface area contributed by atoms with E-state index in [0.29, 0.717) is 28.2 Å². The predicted octanol–water partition coefficient (Wildman–Crippen LogP) is 3.91. The van der Waals surface area contributed by atoms with Gasteiger partial charge in [-0.05, 0) is 73.2 Å². The highest BCUT2D eigenvalue weighted by atomic mass is 79.9. The molecule has 0 spiro atoms. The number of rotatable bonds is 5. The first-order valence-corrected chi connectivity index (χ1v) is 11.1. The van der Waals surface area contributed by atoms with E-state index in [1.54, 1.807) is 17.8 Å². The molecule has 10 heteroatoms. The first-order valence-electron chi connectivity index (χ1n) is 9.11. The van der Waals surface area contributed by atoms with E-state index in [2.05, 4.69) is 31.7 Å². The van der Waals surface area contributed by atoms with Gasteiger partial charge in [0.15, 0.2) is 10.8 Å². The summed E-state index contributed by atoms with van der Waals surface area (Å²) in [4.78, 5) is 26.2. The SMILES string of the molecule is CCOC(=O)c1c(NC(=S)NC(=O)c2nn(CC)cc2Br)sc2c1CCCC2. The minimum atomic E-state index is -0.421. The first-order chi connectivity index (χ1) is 13.4. The lowest BCUT2D eigenvalue weighted by atomic mass is 9.95. The second-order valence-electron chi connectivity index (χ2n) is 6.23. The van der Waals surface area contributed by atoms with E-state index in [4.69, 9.17) is 17.0 Å². The van der Waals surface area contributed by atoms with E-state index in [9.17, 15) is 9.59 Å². The number of aromatic nitrogens is 2. The number of carbonyl (C=O) groups is 2. The van der Waals surface area contributed by atoms with Crippen molar-refractivity contribution in [3.05, 3.63) is 32.4 Å². The van der Waals surface area contributed by atoms with Crippen molar-refractivity contribution in [2.75, 3.05) is 11.9 Å². The third kappa shape index (κ3) is 4.44. The van der Waals surface area contributed by atoms with Crippen LogP contribution in [0.5, 0.6) is 0 Å². The molecule has 28 heavy (non-hydrogen) atoms. The van der Waals surface area contributed by atoms with E-state index >= 15 is 0 Å². The van der Waals surface area contributed by atoms with E-state index in [1.165, 1.54) is 16.2 Å². The molecule has 0 aromatic carbocycles. The average Bonchev–Trinajstić information content (AvgIpc) is 3.21. The molecule has 0 bridgehead atoms. The number of anilines is 1. The van der Waals surface area contributed by atoms with Crippen molar-refractivity contribution >= 4 is 61.5 Å². The fraction of sp³-hybridized carbons (Fsp3) is 0.444. The highest BCUT2D eigenvalue weighted by molar-refractivity contribution is 9.10. The molecule has 0 atom stereocenters. The van der Waals surface area contributed by atoms with Gasteiger partial charge in [-0.15, -0.1) is 11.3 Å². The first kappa shape index (κ1) is 20.9. The predicted molar refractivity (Wildman–Crippen MR) is 116 cm³/mol. The summed E-state index contributed by atoms with van der Waals surface area (Å²) < 4.78 is 7.48. The molecule has 2 aromatic rings. The van der Waals surface area contributed by atoms with Crippen molar-refractivity contribution in [3.63, 3.8) is 0 Å². The molecule has 0 unspecified atom stereocenters. The molecule has 2 heterocycles. The Labute approximate surface area is 181 Å². The van der Waals surface area contributed by atoms with Gasteiger partial charge in [0.05, 0.1) is 16.6 Å². The van der Waals surface area contributed by atoms with E-state index < -0.39 is 5.91 Å². The van der Waals surface area contributed by atoms with Gasteiger partial charge in [0.2, 0.25) is 0 Å². The quantitative estimate of drug-likeness (QED) is 0.494. The van der Waals surface area contributed by atoms with Gasteiger partial charge in [0, 0.05) is 17.6 Å². The number of hydrogen-bond donors (Lipinski definition) is 2. The smallest absolute Gasteiger partial charge is 0.341 e. The number of ether oxygens (including phenoxy) is 1. The van der Waals surface area contributed by atoms with Gasteiger partial charge in [0.25, 0.3) is 5.91 Å². The Kier molecular flexibility index (Phi) is 6.84. The van der Waals surface area contributed by atoms with Crippen LogP contribution < -0.4 is 10.6 Å². The number of esters is 1. The Morgan fingerprint density at radius 2 is 2.11 bits per heavy atom. The fourth-order valence-corrected chi connectivity index (χ4v) is 5.12. The van der Waals surface area contributed by atoms with E-state index in [1.807, 2.05) is 6.92 Å². The van der Waals surface area contributed by atoms with Gasteiger partial charge >= 0.3 is 5.97 Å². The van der Waals surface area contributed by atoms with Gasteiger partial charge in [-0.25, -0.2) is 4.79 Å². The van der Waals surface area contributed by atoms with Crippen LogP contribution in [0, 0.1) is 0 Å². The summed E-state index contributed by atoms with van der Waals surface area (Å²) in [6, 6.07) is 0. The molecular formula is C18H21BrN4O3S2. The largest absolute Gasteiger partial charge is 0.462 e. The highest BCUT2D eigenvalue weighted by Crippen LogP contribution is 2.38. The van der Waals surface area contributed by atoms with Crippen LogP contribution in [0.3, 0.4) is 0 Å². The number of halogens is 1. The normalized spacial score (nSPS) is 13.0. The molecule has 0 radical (unpaired) electrons. The lowest BCUT2D eigenvalue weighted by molar-refractivity contribution is 0.0526. The maximum atomic E-state index is 12.5. The van der Waals surface area contributed by atoms with Crippen LogP contribution >= 0.6 is 39.5 Å². The van der Waals surface area contributed by atoms with Crippen molar-refractivity contribution in [2.24, 2.45) is 0 Å². The molecule has 2 N–H and O–H groups in total. The summed E-state index contributed by atoms with van der Waals surface area (Å²) >= 11 is 10.1. The molecule has 0 saturated carbocycles. The van der Waals surface area contributed by atoms with E-state index in [-0.39, 0.29) is 16.8 Å². The van der Waals surface area contributed by atoms with Gasteiger partial charge < -0.3 is 10.1 Å². The minimum absolute atomic E-state index is 0.118. The lowest BCUT2D eigenvalue weighted by Crippen LogP contribution is -2.34. The molecule has 0 fully saturated rings. The molecule has 0 saturated heterocycles. The molecule has 150 valence electrons. The highest BCUT2D eigenvalue weighted by Gasteiger charge is 2.27. The number of aryl methyl sites for hydroxylation is 2. The lowest BCUT2D eigenvalue weighted by Gasteiger charge is -2.12. The molecule has 1 amide bonds. The summed E-state index contributed by atoms with van der Waals surface area (Å²) in [7, 11) is 0. The zero-order valence-electron chi connectivity index (χ0n) is 15.6. The topological polar surface area (TPSA) is 85.2 Å². The number of carbonyl (C=O) groups excluding carboxylic acids is 2. The van der Waals surface area contributed by atoms with Crippen molar-refractivity contribution in [3.8, 4) is 0 Å². The van der Waals surface area contributed by atoms with E-state index in [0.717, 1.165) is 31.2 Å². The van der Waals surface area contributed by atoms with Crippen molar-refractivity contribution in [1.29, 1.82) is 0 Å². The molecule has 2 aromatic heterocycles. The third-order valence-electron chi connectivity index (χ3n) is 4.36. The fourth-order valence-electron chi connectivity index (χ4n) is 3.08. The molecular weight excluding hydrogens is 464 g/mol. The summed E-state index contributed by atoms with van der Waals surface area (Å²) in [5.74, 6) is -0.779. The number of fused-ring (bicyclic) bond motifs is 1. The number of nitrogens with one attached hydrogen (secondary N) is 2. The third-order valence-corrected chi connectivity index (χ3v) is 6.35. The number of thiocarbonyl (C=S) groups is 1. The van der Waals surface area contributed by atoms with Crippen molar-refractivity contribution in [2.45, 2.75) is 46.1 Å². The van der Waals surface area contributed by atoms with Crippen LogP contribution in [0.2, 0.25) is 0 Å². The van der Waals surface area contributed by atoms with Crippen LogP contribution in [0.25, 0.3) is 0 Å². The number of hydrogen-bond acceptors (Lipinski definition) is 6. The van der Waals surface area contributed by atoms with Crippen LogP contribution in [-0.4, -0.2) is 33.4 Å². The number of amides is 1. The monoisotopic (exact) mass is 484 g/mol. The van der Waals surface area contributed by atoms with Gasteiger partial charge in [-0.1, -0.05) is 0 Å². The van der Waals surface area contributed by atoms with Gasteiger partial charge in [-0.3, -0.25) is 14.8 Å². The molecule has 0 aliphatic heterocycles. The summed E-state index contributed by atoms with van der Waals surface area (Å²) in [6.07, 6.45) is 5.67. The summed E-state index contributed by atoms with van der Waals surface area (Å²) in [5.41, 5.74) is 1.83. The number of nitrogens with zero attached hydrogens (tertiary/aromatic N) is 2. The second kappa shape index (κ2) is 9.15. The minimum Gasteiger partial charge on any atom is -0.462 e. The molecule has 1 aliphatic carbocycles. The van der Waals surface area contributed by atoms with Crippen LogP contribution in [-0.2, 0) is 24.1 Å². The maximum Gasteiger partial charge on any atom is 0.341 e. The van der Waals surface area contributed by atoms with Gasteiger partial charge in [-0.2, -0.15) is 5.10 Å². The Morgan fingerprint density at radius 3 is 2.79 bits per heavy atom. The number of thiophene rings is 1. The van der Waals surface area contributed by atoms with Crippen LogP contribution in [0.4, 0.5) is 5.00 Å². The van der Waals surface area contributed by atoms with Crippen LogP contribution in [0.15, 0.2) is 10.7 Å². The van der Waals surface area contributed by atoms with Crippen LogP contribution in [0.1, 0.15) is 58.0 Å². The zero-order valence-corrected chi connectivity index (χ0v) is 18.9. The standard InChI is InChI=1S/C18H21BrN4O3S2/c1-3-23-9-11(19)14(22-23)15(24)20-18(27)21-16-13(17(25)26-4-2)10-7-5-6-8-12(10)28-16/h9H,3-8H2,1-2H3,(H2,20,21,24,27). The zero-order chi connectivity index (χ0) is 20.3. The summed E-state index contributed by atoms with van der Waals surface area (Å²) in [5, 5.41) is 10.6. The second-order valence-corrected chi connectivity index (χ2v) is 8.59. The maximum absolute atomic E-state index is 12.5. The average molecular weight is 485 g/mol. The van der Waals surface area contributed by atoms with Crippen molar-refractivity contribution < 1.29 is 14.3 Å². The molecule has 7 nitrogen and oxygen atoms in total. The Hall–Kier alpha value is -1.78. The molecule has 1 aliphatic rings. The molecule has 3 rings (SSSR count). The Balaban J connectivity index is 1.78.